The summed E-state index contributed by atoms with van der Waals surface area (Å²) in [6.45, 7) is 3.43. The number of rotatable bonds is 5. The Morgan fingerprint density at radius 2 is 0.893 bits per heavy atom. The first-order valence-electron chi connectivity index (χ1n) is 17.4. The highest BCUT2D eigenvalue weighted by Gasteiger charge is 2.31. The van der Waals surface area contributed by atoms with E-state index in [-0.39, 0.29) is 10.9 Å². The lowest BCUT2D eigenvalue weighted by Gasteiger charge is -2.09. The Balaban J connectivity index is 1.50. The Hall–Kier alpha value is -6.14. The topological polar surface area (TPSA) is 74.4 Å². The lowest BCUT2D eigenvalue weighted by atomic mass is 10.0. The van der Waals surface area contributed by atoms with Gasteiger partial charge in [0.25, 0.3) is 0 Å². The number of H-pyrrole nitrogens is 2. The minimum absolute atomic E-state index is 0.120. The Morgan fingerprint density at radius 3 is 1.30 bits per heavy atom. The lowest BCUT2D eigenvalue weighted by molar-refractivity contribution is -0.138. The van der Waals surface area contributed by atoms with Gasteiger partial charge in [-0.2, -0.15) is 26.3 Å². The number of hydrogen-bond donors (Lipinski definition) is 2. The van der Waals surface area contributed by atoms with E-state index < -0.39 is 23.5 Å². The van der Waals surface area contributed by atoms with Gasteiger partial charge in [-0.05, 0) is 96.4 Å². The summed E-state index contributed by atoms with van der Waals surface area (Å²) in [6.07, 6.45) is -1.78. The van der Waals surface area contributed by atoms with Crippen LogP contribution in [-0.2, 0) is 22.9 Å². The number of fused-ring (bicyclic) bond motifs is 8. The Morgan fingerprint density at radius 1 is 0.536 bits per heavy atom. The maximum Gasteiger partial charge on any atom is 0.416 e. The largest absolute Gasteiger partial charge is 0.416 e. The van der Waals surface area contributed by atoms with Crippen molar-refractivity contribution in [1.29, 1.82) is 0 Å². The fraction of sp³-hybridized carbons (Fsp3) is 0.114. The van der Waals surface area contributed by atoms with Crippen molar-refractivity contribution in [2.45, 2.75) is 32.0 Å². The molecule has 0 unspecified atom stereocenters. The van der Waals surface area contributed by atoms with Crippen LogP contribution in [0.1, 0.15) is 52.0 Å². The van der Waals surface area contributed by atoms with Crippen molar-refractivity contribution in [2.75, 3.05) is 0 Å². The molecule has 3 aromatic heterocycles. The van der Waals surface area contributed by atoms with Crippen LogP contribution in [-0.4, -0.2) is 25.1 Å². The molecule has 8 rings (SSSR count). The van der Waals surface area contributed by atoms with E-state index >= 15 is 0 Å². The van der Waals surface area contributed by atoms with Gasteiger partial charge in [0.15, 0.2) is 5.12 Å². The zero-order valence-electron chi connectivity index (χ0n) is 29.7. The molecule has 0 saturated carbocycles. The average Bonchev–Trinajstić information content (AvgIpc) is 3.99. The predicted molar refractivity (Wildman–Crippen MR) is 212 cm³/mol. The van der Waals surface area contributed by atoms with Crippen molar-refractivity contribution in [3.63, 3.8) is 0 Å². The second kappa shape index (κ2) is 14.2. The SMILES string of the molecule is CC(=O)SCc1c2nc(c(-c3ccc(C(F)(F)F)cc3)c3ccc([nH]3)c(-c3ccc(C)cc3)c3nc(c(-c4ccc(C(F)(F)F)cc4)c4ccc1[nH]4)C=C3)C=C2. The predicted octanol–water partition coefficient (Wildman–Crippen LogP) is 12.8. The van der Waals surface area contributed by atoms with Gasteiger partial charge in [0.05, 0.1) is 33.9 Å². The molecule has 2 aliphatic rings. The van der Waals surface area contributed by atoms with Crippen LogP contribution < -0.4 is 0 Å². The number of carbonyl (C=O) groups is 1. The zero-order valence-corrected chi connectivity index (χ0v) is 30.5. The number of carbonyl (C=O) groups excluding carboxylic acids is 1. The standard InChI is InChI=1S/C44H30F6N4OS/c1-24-3-5-26(6-4-24)40-36-19-21-38(53-36)41(27-7-11-29(12-8-27)43(45,46)47)34-17-15-32(51-34)31(23-56-25(2)55)33-16-18-35(52-33)42(39-22-20-37(40)54-39)28-9-13-30(14-10-28)44(48,49)50/h3-22,51,54H,23H2,1-2H3. The Bertz CT molecular complexity index is 2680. The molecule has 280 valence electrons. The molecule has 0 aliphatic carbocycles. The van der Waals surface area contributed by atoms with Gasteiger partial charge in [0.1, 0.15) is 0 Å². The lowest BCUT2D eigenvalue weighted by Crippen LogP contribution is -2.04. The van der Waals surface area contributed by atoms with Crippen LogP contribution in [0.5, 0.6) is 0 Å². The van der Waals surface area contributed by atoms with E-state index in [0.29, 0.717) is 72.7 Å². The summed E-state index contributed by atoms with van der Waals surface area (Å²) < 4.78 is 81.8. The summed E-state index contributed by atoms with van der Waals surface area (Å²) >= 11 is 1.08. The van der Waals surface area contributed by atoms with Crippen LogP contribution in [0.15, 0.2) is 97.1 Å². The van der Waals surface area contributed by atoms with Gasteiger partial charge < -0.3 is 9.97 Å². The first-order valence-corrected chi connectivity index (χ1v) is 18.4. The molecule has 12 heteroatoms. The summed E-state index contributed by atoms with van der Waals surface area (Å²) in [5, 5.41) is -0.120. The van der Waals surface area contributed by atoms with Crippen molar-refractivity contribution in [2.24, 2.45) is 0 Å². The van der Waals surface area contributed by atoms with Crippen molar-refractivity contribution >= 4 is 63.2 Å². The highest BCUT2D eigenvalue weighted by molar-refractivity contribution is 8.12. The van der Waals surface area contributed by atoms with Crippen LogP contribution in [0.25, 0.3) is 79.8 Å². The minimum atomic E-state index is -4.52. The quantitative estimate of drug-likeness (QED) is 0.171. The molecule has 0 saturated heterocycles. The maximum atomic E-state index is 13.6. The van der Waals surface area contributed by atoms with Crippen molar-refractivity contribution < 1.29 is 31.1 Å². The van der Waals surface area contributed by atoms with Gasteiger partial charge in [-0.3, -0.25) is 4.79 Å². The van der Waals surface area contributed by atoms with E-state index in [2.05, 4.69) is 9.97 Å². The molecule has 2 N–H and O–H groups in total. The molecule has 0 fully saturated rings. The number of halogens is 6. The maximum absolute atomic E-state index is 13.6. The number of alkyl halides is 6. The summed E-state index contributed by atoms with van der Waals surface area (Å²) in [6, 6.07) is 25.1. The molecule has 8 bridgehead atoms. The Kier molecular flexibility index (Phi) is 9.32. The van der Waals surface area contributed by atoms with Crippen LogP contribution in [0.3, 0.4) is 0 Å². The molecule has 0 radical (unpaired) electrons. The molecule has 0 spiro atoms. The first-order chi connectivity index (χ1) is 26.7. The van der Waals surface area contributed by atoms with Gasteiger partial charge in [-0.15, -0.1) is 0 Å². The fourth-order valence-electron chi connectivity index (χ4n) is 6.87. The van der Waals surface area contributed by atoms with E-state index in [9.17, 15) is 31.1 Å². The molecule has 56 heavy (non-hydrogen) atoms. The third kappa shape index (κ3) is 7.19. The van der Waals surface area contributed by atoms with Crippen molar-refractivity contribution in [3.8, 4) is 33.4 Å². The highest BCUT2D eigenvalue weighted by Crippen LogP contribution is 2.39. The molecular weight excluding hydrogens is 747 g/mol. The van der Waals surface area contributed by atoms with E-state index in [1.54, 1.807) is 12.2 Å². The molecule has 3 aromatic carbocycles. The first kappa shape index (κ1) is 36.8. The molecule has 2 aliphatic heterocycles. The number of aromatic amines is 2. The minimum Gasteiger partial charge on any atom is -0.355 e. The zero-order chi connectivity index (χ0) is 39.4. The summed E-state index contributed by atoms with van der Waals surface area (Å²) in [5.74, 6) is 0.233. The van der Waals surface area contributed by atoms with Gasteiger partial charge in [0, 0.05) is 57.0 Å². The Labute approximate surface area is 320 Å². The number of benzene rings is 3. The van der Waals surface area contributed by atoms with Gasteiger partial charge in [-0.25, -0.2) is 9.97 Å². The summed E-state index contributed by atoms with van der Waals surface area (Å²) in [4.78, 5) is 29.3. The molecule has 5 heterocycles. The van der Waals surface area contributed by atoms with Gasteiger partial charge in [-0.1, -0.05) is 65.9 Å². The molecule has 0 atom stereocenters. The molecular formula is C44H30F6N4OS. The van der Waals surface area contributed by atoms with Gasteiger partial charge >= 0.3 is 12.4 Å². The normalized spacial score (nSPS) is 12.7. The number of aryl methyl sites for hydroxylation is 1. The highest BCUT2D eigenvalue weighted by atomic mass is 32.2. The van der Waals surface area contributed by atoms with Crippen LogP contribution >= 0.6 is 11.8 Å². The summed E-state index contributed by atoms with van der Waals surface area (Å²) in [5.41, 5.74) is 8.39. The van der Waals surface area contributed by atoms with Crippen LogP contribution in [0, 0.1) is 6.92 Å². The number of hydrogen-bond acceptors (Lipinski definition) is 4. The number of aromatic nitrogens is 4. The third-order valence-corrected chi connectivity index (χ3v) is 10.5. The second-order valence-electron chi connectivity index (χ2n) is 13.4. The second-order valence-corrected chi connectivity index (χ2v) is 14.6. The fourth-order valence-corrected chi connectivity index (χ4v) is 7.52. The van der Waals surface area contributed by atoms with E-state index in [4.69, 9.17) is 9.97 Å². The third-order valence-electron chi connectivity index (χ3n) is 9.62. The van der Waals surface area contributed by atoms with Crippen molar-refractivity contribution in [3.05, 3.63) is 142 Å². The van der Waals surface area contributed by atoms with E-state index in [1.165, 1.54) is 31.2 Å². The van der Waals surface area contributed by atoms with Crippen LogP contribution in [0.4, 0.5) is 26.3 Å². The smallest absolute Gasteiger partial charge is 0.355 e. The number of nitrogens with one attached hydrogen (secondary N) is 2. The summed E-state index contributed by atoms with van der Waals surface area (Å²) in [7, 11) is 0. The number of thioether (sulfide) groups is 1. The molecule has 0 amide bonds. The van der Waals surface area contributed by atoms with Crippen molar-refractivity contribution in [1.82, 2.24) is 19.9 Å². The van der Waals surface area contributed by atoms with E-state index in [1.807, 2.05) is 67.6 Å². The molecule has 5 nitrogen and oxygen atoms in total. The van der Waals surface area contributed by atoms with Gasteiger partial charge in [0.2, 0.25) is 0 Å². The van der Waals surface area contributed by atoms with Crippen LogP contribution in [0.2, 0.25) is 0 Å². The monoisotopic (exact) mass is 776 g/mol. The van der Waals surface area contributed by atoms with E-state index in [0.717, 1.165) is 52.7 Å². The number of nitrogens with zero attached hydrogens (tertiary/aromatic N) is 2. The average molecular weight is 777 g/mol. The molecule has 6 aromatic rings.